The Morgan fingerprint density at radius 3 is 2.54 bits per heavy atom. The van der Waals surface area contributed by atoms with Crippen LogP contribution in [0, 0.1) is 17.8 Å². The molecule has 122 valence electrons. The molecule has 2 aromatic carbocycles. The van der Waals surface area contributed by atoms with Crippen molar-refractivity contribution in [3.05, 3.63) is 67.4 Å². The molecule has 0 radical (unpaired) electrons. The third-order valence-electron chi connectivity index (χ3n) is 3.57. The lowest BCUT2D eigenvalue weighted by Gasteiger charge is -2.04. The molecule has 0 amide bonds. The number of aromatic nitrogens is 1. The maximum absolute atomic E-state index is 10.5. The smallest absolute Gasteiger partial charge is 0.216 e. The van der Waals surface area contributed by atoms with Gasteiger partial charge >= 0.3 is 0 Å². The standard InChI is InChI=1S/C18H15ClN2OS2/c1-11-3-8-15(12(2)9-11)20-10-16-17(22)21(18(23)24-16)14-6-4-13(19)5-7-14/h3-10,22H,1-2H3. The summed E-state index contributed by atoms with van der Waals surface area (Å²) in [7, 11) is 0. The van der Waals surface area contributed by atoms with Crippen molar-refractivity contribution in [3.8, 4) is 11.6 Å². The van der Waals surface area contributed by atoms with Crippen LogP contribution in [0.3, 0.4) is 0 Å². The summed E-state index contributed by atoms with van der Waals surface area (Å²) in [5.41, 5.74) is 3.92. The highest BCUT2D eigenvalue weighted by molar-refractivity contribution is 7.73. The number of aromatic hydroxyl groups is 1. The maximum atomic E-state index is 10.5. The van der Waals surface area contributed by atoms with Crippen molar-refractivity contribution in [2.75, 3.05) is 0 Å². The van der Waals surface area contributed by atoms with Gasteiger partial charge in [-0.15, -0.1) is 0 Å². The molecule has 0 aliphatic rings. The van der Waals surface area contributed by atoms with Crippen molar-refractivity contribution in [1.82, 2.24) is 4.57 Å². The molecule has 3 aromatic rings. The lowest BCUT2D eigenvalue weighted by molar-refractivity contribution is 0.441. The fourth-order valence-corrected chi connectivity index (χ4v) is 3.71. The Kier molecular flexibility index (Phi) is 4.85. The summed E-state index contributed by atoms with van der Waals surface area (Å²) in [6, 6.07) is 13.2. The SMILES string of the molecule is Cc1ccc(N=Cc2sc(=S)n(-c3ccc(Cl)cc3)c2O)c(C)c1. The topological polar surface area (TPSA) is 37.5 Å². The van der Waals surface area contributed by atoms with Crippen molar-refractivity contribution < 1.29 is 5.11 Å². The van der Waals surface area contributed by atoms with Crippen molar-refractivity contribution in [2.24, 2.45) is 4.99 Å². The molecule has 0 bridgehead atoms. The van der Waals surface area contributed by atoms with Gasteiger partial charge in [0.25, 0.3) is 0 Å². The first-order valence-electron chi connectivity index (χ1n) is 7.28. The predicted molar refractivity (Wildman–Crippen MR) is 104 cm³/mol. The van der Waals surface area contributed by atoms with E-state index in [1.165, 1.54) is 16.9 Å². The van der Waals surface area contributed by atoms with E-state index in [4.69, 9.17) is 23.8 Å². The van der Waals surface area contributed by atoms with Crippen molar-refractivity contribution in [2.45, 2.75) is 13.8 Å². The number of hydrogen-bond donors (Lipinski definition) is 1. The molecular weight excluding hydrogens is 360 g/mol. The van der Waals surface area contributed by atoms with E-state index in [9.17, 15) is 5.11 Å². The molecule has 3 rings (SSSR count). The fraction of sp³-hybridized carbons (Fsp3) is 0.111. The number of thiazole rings is 1. The summed E-state index contributed by atoms with van der Waals surface area (Å²) in [6.45, 7) is 4.06. The monoisotopic (exact) mass is 374 g/mol. The number of aryl methyl sites for hydroxylation is 2. The van der Waals surface area contributed by atoms with Gasteiger partial charge in [0, 0.05) is 5.02 Å². The van der Waals surface area contributed by atoms with Crippen molar-refractivity contribution in [3.63, 3.8) is 0 Å². The Labute approximate surface area is 154 Å². The Morgan fingerprint density at radius 1 is 1.17 bits per heavy atom. The van der Waals surface area contributed by atoms with Gasteiger partial charge in [0.05, 0.1) is 17.6 Å². The molecule has 1 N–H and O–H groups in total. The molecule has 0 saturated carbocycles. The lowest BCUT2D eigenvalue weighted by atomic mass is 10.1. The molecular formula is C18H15ClN2OS2. The number of benzene rings is 2. The molecule has 0 aliphatic heterocycles. The largest absolute Gasteiger partial charge is 0.493 e. The quantitative estimate of drug-likeness (QED) is 0.451. The van der Waals surface area contributed by atoms with Crippen LogP contribution in [-0.2, 0) is 0 Å². The lowest BCUT2D eigenvalue weighted by Crippen LogP contribution is -1.93. The second-order valence-electron chi connectivity index (χ2n) is 5.42. The second-order valence-corrected chi connectivity index (χ2v) is 7.53. The Balaban J connectivity index is 1.98. The zero-order chi connectivity index (χ0) is 17.3. The zero-order valence-corrected chi connectivity index (χ0v) is 15.5. The average Bonchev–Trinajstić information content (AvgIpc) is 2.82. The molecule has 0 atom stereocenters. The van der Waals surface area contributed by atoms with Crippen LogP contribution in [0.5, 0.6) is 5.88 Å². The van der Waals surface area contributed by atoms with Gasteiger partial charge in [-0.25, -0.2) is 0 Å². The van der Waals surface area contributed by atoms with E-state index in [1.54, 1.807) is 22.9 Å². The maximum Gasteiger partial charge on any atom is 0.216 e. The highest BCUT2D eigenvalue weighted by atomic mass is 35.5. The van der Waals surface area contributed by atoms with Gasteiger partial charge in [0.15, 0.2) is 3.95 Å². The summed E-state index contributed by atoms with van der Waals surface area (Å²) in [5.74, 6) is 0.0841. The van der Waals surface area contributed by atoms with Crippen molar-refractivity contribution in [1.29, 1.82) is 0 Å². The molecule has 0 spiro atoms. The third-order valence-corrected chi connectivity index (χ3v) is 5.12. The molecule has 0 fully saturated rings. The summed E-state index contributed by atoms with van der Waals surface area (Å²) in [5, 5.41) is 11.1. The van der Waals surface area contributed by atoms with Crippen LogP contribution in [0.4, 0.5) is 5.69 Å². The molecule has 0 saturated heterocycles. The van der Waals surface area contributed by atoms with Gasteiger partial charge in [0.1, 0.15) is 4.88 Å². The summed E-state index contributed by atoms with van der Waals surface area (Å²) >= 11 is 12.6. The summed E-state index contributed by atoms with van der Waals surface area (Å²) in [6.07, 6.45) is 1.65. The van der Waals surface area contributed by atoms with E-state index in [0.29, 0.717) is 13.9 Å². The highest BCUT2D eigenvalue weighted by Gasteiger charge is 2.12. The highest BCUT2D eigenvalue weighted by Crippen LogP contribution is 2.29. The minimum Gasteiger partial charge on any atom is -0.493 e. The van der Waals surface area contributed by atoms with Gasteiger partial charge in [-0.1, -0.05) is 40.6 Å². The molecule has 0 aliphatic carbocycles. The molecule has 1 heterocycles. The van der Waals surface area contributed by atoms with Crippen LogP contribution in [0.25, 0.3) is 5.69 Å². The number of halogens is 1. The first-order valence-corrected chi connectivity index (χ1v) is 8.88. The molecule has 6 heteroatoms. The van der Waals surface area contributed by atoms with Crippen LogP contribution in [0.2, 0.25) is 5.02 Å². The predicted octanol–water partition coefficient (Wildman–Crippen LogP) is 5.99. The first kappa shape index (κ1) is 16.9. The minimum atomic E-state index is 0.0841. The van der Waals surface area contributed by atoms with Crippen LogP contribution in [0.1, 0.15) is 16.0 Å². The number of aliphatic imine (C=N–C) groups is 1. The second kappa shape index (κ2) is 6.89. The van der Waals surface area contributed by atoms with Crippen LogP contribution in [0.15, 0.2) is 47.5 Å². The van der Waals surface area contributed by atoms with E-state index < -0.39 is 0 Å². The summed E-state index contributed by atoms with van der Waals surface area (Å²) < 4.78 is 2.16. The van der Waals surface area contributed by atoms with Gasteiger partial charge in [-0.3, -0.25) is 9.56 Å². The summed E-state index contributed by atoms with van der Waals surface area (Å²) in [4.78, 5) is 5.11. The van der Waals surface area contributed by atoms with E-state index >= 15 is 0 Å². The normalized spacial score (nSPS) is 11.3. The van der Waals surface area contributed by atoms with Gasteiger partial charge in [-0.05, 0) is 62.0 Å². The van der Waals surface area contributed by atoms with Crippen LogP contribution in [-0.4, -0.2) is 15.9 Å². The zero-order valence-electron chi connectivity index (χ0n) is 13.2. The van der Waals surface area contributed by atoms with Crippen molar-refractivity contribution >= 4 is 47.1 Å². The number of hydrogen-bond acceptors (Lipinski definition) is 4. The Morgan fingerprint density at radius 2 is 1.88 bits per heavy atom. The molecule has 0 unspecified atom stereocenters. The van der Waals surface area contributed by atoms with Gasteiger partial charge in [-0.2, -0.15) is 0 Å². The number of rotatable bonds is 3. The van der Waals surface area contributed by atoms with Crippen LogP contribution >= 0.6 is 35.2 Å². The minimum absolute atomic E-state index is 0.0841. The molecule has 3 nitrogen and oxygen atoms in total. The van der Waals surface area contributed by atoms with E-state index in [-0.39, 0.29) is 5.88 Å². The van der Waals surface area contributed by atoms with Gasteiger partial charge in [0.2, 0.25) is 5.88 Å². The average molecular weight is 375 g/mol. The fourth-order valence-electron chi connectivity index (χ4n) is 2.36. The van der Waals surface area contributed by atoms with E-state index in [0.717, 1.165) is 16.9 Å². The third kappa shape index (κ3) is 3.43. The molecule has 24 heavy (non-hydrogen) atoms. The first-order chi connectivity index (χ1) is 11.5. The van der Waals surface area contributed by atoms with Gasteiger partial charge < -0.3 is 5.11 Å². The number of nitrogens with zero attached hydrogens (tertiary/aromatic N) is 2. The van der Waals surface area contributed by atoms with E-state index in [2.05, 4.69) is 11.1 Å². The molecule has 1 aromatic heterocycles. The van der Waals surface area contributed by atoms with E-state index in [1.807, 2.05) is 38.1 Å². The Hall–Kier alpha value is -1.95. The Bertz CT molecular complexity index is 972. The van der Waals surface area contributed by atoms with Crippen LogP contribution < -0.4 is 0 Å².